The molecule has 0 bridgehead atoms. The second-order valence-corrected chi connectivity index (χ2v) is 16.8. The number of nitrogens with zero attached hydrogens (tertiary/aromatic N) is 2. The number of hydrogen-bond donors (Lipinski definition) is 2. The van der Waals surface area contributed by atoms with E-state index in [1.165, 1.54) is 19.3 Å². The Morgan fingerprint density at radius 1 is 1.15 bits per heavy atom. The Hall–Kier alpha value is -2.34. The summed E-state index contributed by atoms with van der Waals surface area (Å²) in [6.07, 6.45) is 0.255. The average molecular weight is 631 g/mol. The van der Waals surface area contributed by atoms with E-state index in [9.17, 15) is 9.59 Å². The number of pyridine rings is 2. The molecule has 0 radical (unpaired) electrons. The van der Waals surface area contributed by atoms with E-state index in [0.29, 0.717) is 17.1 Å². The monoisotopic (exact) mass is 629 g/mol. The van der Waals surface area contributed by atoms with Gasteiger partial charge in [0, 0.05) is 30.9 Å². The van der Waals surface area contributed by atoms with Crippen LogP contribution in [0.4, 0.5) is 0 Å². The number of ether oxygens (including phenoxy) is 2. The van der Waals surface area contributed by atoms with E-state index in [0.717, 1.165) is 0 Å². The third-order valence-corrected chi connectivity index (χ3v) is 12.3. The van der Waals surface area contributed by atoms with Crippen molar-refractivity contribution >= 4 is 59.9 Å². The molecule has 0 aliphatic heterocycles. The highest BCUT2D eigenvalue weighted by atomic mass is 35.5. The third-order valence-electron chi connectivity index (χ3n) is 6.90. The number of aliphatic hydroxyl groups excluding tert-OH is 1. The number of hydrogen-bond acceptors (Lipinski definition) is 7. The number of fused-ring (bicyclic) bond motifs is 1. The smallest absolute Gasteiger partial charge is 0.263 e. The van der Waals surface area contributed by atoms with Gasteiger partial charge in [-0.25, -0.2) is 4.98 Å². The Labute approximate surface area is 249 Å². The summed E-state index contributed by atoms with van der Waals surface area (Å²) in [6, 6.07) is 4.49. The molecule has 9 nitrogen and oxygen atoms in total. The van der Waals surface area contributed by atoms with Crippen LogP contribution in [0.1, 0.15) is 26.5 Å². The number of rotatable bonds is 10. The van der Waals surface area contributed by atoms with Crippen molar-refractivity contribution in [3.8, 4) is 17.3 Å². The van der Waals surface area contributed by atoms with E-state index < -0.39 is 25.8 Å². The van der Waals surface area contributed by atoms with E-state index >= 15 is 0 Å². The van der Waals surface area contributed by atoms with Crippen LogP contribution in [0.5, 0.6) is 11.6 Å². The number of amides is 1. The zero-order valence-corrected chi connectivity index (χ0v) is 26.8. The molecular weight excluding hydrogens is 597 g/mol. The predicted molar refractivity (Wildman–Crippen MR) is 161 cm³/mol. The Balaban J connectivity index is 2.18. The van der Waals surface area contributed by atoms with Gasteiger partial charge < -0.3 is 28.9 Å². The fourth-order valence-corrected chi connectivity index (χ4v) is 5.61. The molecule has 40 heavy (non-hydrogen) atoms. The van der Waals surface area contributed by atoms with Crippen LogP contribution < -0.4 is 20.2 Å². The first-order valence-electron chi connectivity index (χ1n) is 12.6. The van der Waals surface area contributed by atoms with E-state index in [1.807, 2.05) is 0 Å². The molecule has 0 aliphatic carbocycles. The molecule has 1 unspecified atom stereocenters. The Morgan fingerprint density at radius 3 is 2.33 bits per heavy atom. The number of halogens is 3. The molecule has 218 valence electrons. The second-order valence-electron chi connectivity index (χ2n) is 10.7. The number of aromatic nitrogens is 2. The van der Waals surface area contributed by atoms with Gasteiger partial charge in [-0.2, -0.15) is 0 Å². The maximum absolute atomic E-state index is 13.3. The SMILES string of the molecule is CNC(=O)C(CO[Si](C)(C)C(C)(C)C)Oc1ncc(Cl)c2c1c(=O)cc(C)n2-c1c(Cl)cc(OCCO)cc1Cl. The maximum Gasteiger partial charge on any atom is 0.263 e. The molecule has 13 heteroatoms. The summed E-state index contributed by atoms with van der Waals surface area (Å²) >= 11 is 19.9. The number of aliphatic hydroxyl groups is 1. The van der Waals surface area contributed by atoms with Crippen molar-refractivity contribution in [1.82, 2.24) is 14.9 Å². The van der Waals surface area contributed by atoms with Crippen molar-refractivity contribution in [2.75, 3.05) is 26.9 Å². The zero-order chi connectivity index (χ0) is 30.0. The fraction of sp³-hybridized carbons (Fsp3) is 0.444. The molecule has 0 saturated heterocycles. The van der Waals surface area contributed by atoms with Crippen LogP contribution in [0.15, 0.2) is 29.2 Å². The van der Waals surface area contributed by atoms with Crippen LogP contribution in [-0.4, -0.2) is 61.9 Å². The van der Waals surface area contributed by atoms with E-state index in [-0.39, 0.29) is 56.7 Å². The minimum atomic E-state index is -2.22. The highest BCUT2D eigenvalue weighted by Gasteiger charge is 2.38. The quantitative estimate of drug-likeness (QED) is 0.283. The van der Waals surface area contributed by atoms with Crippen LogP contribution in [0.25, 0.3) is 16.6 Å². The van der Waals surface area contributed by atoms with Gasteiger partial charge in [0.25, 0.3) is 5.91 Å². The summed E-state index contributed by atoms with van der Waals surface area (Å²) in [7, 11) is -0.732. The van der Waals surface area contributed by atoms with E-state index in [4.69, 9.17) is 53.8 Å². The van der Waals surface area contributed by atoms with Gasteiger partial charge in [0.05, 0.1) is 45.7 Å². The van der Waals surface area contributed by atoms with E-state index in [2.05, 4.69) is 44.2 Å². The Kier molecular flexibility index (Phi) is 10.2. The first-order valence-corrected chi connectivity index (χ1v) is 16.6. The van der Waals surface area contributed by atoms with Gasteiger partial charge in [-0.3, -0.25) is 9.59 Å². The van der Waals surface area contributed by atoms with Gasteiger partial charge in [-0.05, 0) is 25.1 Å². The number of benzene rings is 1. The highest BCUT2D eigenvalue weighted by Crippen LogP contribution is 2.39. The molecule has 2 heterocycles. The maximum atomic E-state index is 13.3. The summed E-state index contributed by atoms with van der Waals surface area (Å²) in [5.41, 5.74) is 0.689. The molecule has 0 aliphatic rings. The van der Waals surface area contributed by atoms with Gasteiger partial charge in [-0.15, -0.1) is 0 Å². The van der Waals surface area contributed by atoms with Crippen molar-refractivity contribution in [2.45, 2.75) is 51.9 Å². The summed E-state index contributed by atoms with van der Waals surface area (Å²) < 4.78 is 19.4. The van der Waals surface area contributed by atoms with Crippen LogP contribution >= 0.6 is 34.8 Å². The minimum Gasteiger partial charge on any atom is -0.491 e. The summed E-state index contributed by atoms with van der Waals surface area (Å²) in [6.45, 7) is 12.0. The zero-order valence-electron chi connectivity index (χ0n) is 23.5. The molecule has 3 rings (SSSR count). The van der Waals surface area contributed by atoms with Crippen molar-refractivity contribution in [1.29, 1.82) is 0 Å². The molecular formula is C27H34Cl3N3O6Si. The lowest BCUT2D eigenvalue weighted by atomic mass is 10.1. The number of carbonyl (C=O) groups excluding carboxylic acids is 1. The topological polar surface area (TPSA) is 112 Å². The van der Waals surface area contributed by atoms with Crippen LogP contribution in [0, 0.1) is 6.92 Å². The van der Waals surface area contributed by atoms with Gasteiger partial charge >= 0.3 is 0 Å². The van der Waals surface area contributed by atoms with Crippen molar-refractivity contribution in [3.05, 3.63) is 55.4 Å². The van der Waals surface area contributed by atoms with Crippen molar-refractivity contribution < 1.29 is 23.8 Å². The Morgan fingerprint density at radius 2 is 1.77 bits per heavy atom. The Bertz CT molecular complexity index is 1450. The van der Waals surface area contributed by atoms with Gasteiger partial charge in [0.2, 0.25) is 12.0 Å². The molecule has 1 atom stereocenters. The molecule has 0 spiro atoms. The molecule has 1 amide bonds. The lowest BCUT2D eigenvalue weighted by Crippen LogP contribution is -2.47. The normalized spacial score (nSPS) is 12.9. The number of likely N-dealkylation sites (N-methyl/N-ethyl adjacent to an activating group) is 1. The third kappa shape index (κ3) is 6.75. The number of aryl methyl sites for hydroxylation is 1. The molecule has 1 aromatic carbocycles. The van der Waals surface area contributed by atoms with Crippen molar-refractivity contribution in [3.63, 3.8) is 0 Å². The molecule has 3 aromatic rings. The van der Waals surface area contributed by atoms with Gasteiger partial charge in [0.1, 0.15) is 17.7 Å². The lowest BCUT2D eigenvalue weighted by Gasteiger charge is -2.37. The number of nitrogens with one attached hydrogen (secondary N) is 1. The summed E-state index contributed by atoms with van der Waals surface area (Å²) in [4.78, 5) is 30.4. The molecule has 0 fully saturated rings. The second kappa shape index (κ2) is 12.7. The molecule has 2 N–H and O–H groups in total. The van der Waals surface area contributed by atoms with Gasteiger partial charge in [0.15, 0.2) is 13.7 Å². The first-order chi connectivity index (χ1) is 18.6. The van der Waals surface area contributed by atoms with Crippen LogP contribution in [0.2, 0.25) is 33.2 Å². The largest absolute Gasteiger partial charge is 0.491 e. The van der Waals surface area contributed by atoms with E-state index in [1.54, 1.807) is 23.6 Å². The summed E-state index contributed by atoms with van der Waals surface area (Å²) in [5, 5.41) is 12.2. The van der Waals surface area contributed by atoms with Crippen LogP contribution in [0.3, 0.4) is 0 Å². The average Bonchev–Trinajstić information content (AvgIpc) is 2.86. The summed E-state index contributed by atoms with van der Waals surface area (Å²) in [5.74, 6) is -0.149. The fourth-order valence-electron chi connectivity index (χ4n) is 3.74. The lowest BCUT2D eigenvalue weighted by molar-refractivity contribution is -0.129. The molecule has 0 saturated carbocycles. The standard InChI is InChI=1S/C27H34Cl3N3O6Si/c1-15-10-20(35)22-24(33(15)23-17(28)11-16(12-18(23)29)37-9-8-34)19(30)13-32-26(22)39-21(25(36)31-5)14-38-40(6,7)27(2,3)4/h10-13,21,34H,8-9,14H2,1-7H3,(H,31,36). The number of carbonyl (C=O) groups is 1. The molecule has 2 aromatic heterocycles. The van der Waals surface area contributed by atoms with Gasteiger partial charge in [-0.1, -0.05) is 55.6 Å². The van der Waals surface area contributed by atoms with Crippen LogP contribution in [-0.2, 0) is 9.22 Å². The first kappa shape index (κ1) is 32.2. The highest BCUT2D eigenvalue weighted by molar-refractivity contribution is 6.74. The minimum absolute atomic E-state index is 0.0328. The van der Waals surface area contributed by atoms with Crippen molar-refractivity contribution in [2.24, 2.45) is 0 Å². The predicted octanol–water partition coefficient (Wildman–Crippen LogP) is 5.54.